The van der Waals surface area contributed by atoms with Crippen molar-refractivity contribution in [3.05, 3.63) is 34.9 Å². The molecule has 1 aliphatic rings. The summed E-state index contributed by atoms with van der Waals surface area (Å²) in [7, 11) is 0. The fraction of sp³-hybridized carbons (Fsp3) is 0.533. The van der Waals surface area contributed by atoms with Crippen LogP contribution in [0.15, 0.2) is 24.3 Å². The maximum Gasteiger partial charge on any atom is 0.220 e. The zero-order valence-corrected chi connectivity index (χ0v) is 11.7. The summed E-state index contributed by atoms with van der Waals surface area (Å²) in [5, 5.41) is 12.7. The van der Waals surface area contributed by atoms with Crippen molar-refractivity contribution in [2.75, 3.05) is 6.61 Å². The Labute approximate surface area is 119 Å². The number of rotatable bonds is 7. The van der Waals surface area contributed by atoms with Crippen LogP contribution >= 0.6 is 11.6 Å². The van der Waals surface area contributed by atoms with Crippen molar-refractivity contribution in [3.8, 4) is 0 Å². The molecule has 4 heteroatoms. The van der Waals surface area contributed by atoms with E-state index < -0.39 is 0 Å². The fourth-order valence-corrected chi connectivity index (χ4v) is 2.51. The van der Waals surface area contributed by atoms with Crippen LogP contribution in [0.25, 0.3) is 0 Å². The third kappa shape index (κ3) is 4.84. The van der Waals surface area contributed by atoms with Crippen molar-refractivity contribution in [2.45, 2.75) is 38.1 Å². The van der Waals surface area contributed by atoms with E-state index in [9.17, 15) is 4.79 Å². The summed E-state index contributed by atoms with van der Waals surface area (Å²) in [5.41, 5.74) is 1.08. The van der Waals surface area contributed by atoms with Gasteiger partial charge in [-0.15, -0.1) is 0 Å². The van der Waals surface area contributed by atoms with Crippen molar-refractivity contribution in [3.63, 3.8) is 0 Å². The Balaban J connectivity index is 1.77. The summed E-state index contributed by atoms with van der Waals surface area (Å²) >= 11 is 5.91. The topological polar surface area (TPSA) is 49.3 Å². The van der Waals surface area contributed by atoms with Crippen molar-refractivity contribution < 1.29 is 9.90 Å². The Morgan fingerprint density at radius 3 is 2.89 bits per heavy atom. The number of hydrogen-bond donors (Lipinski definition) is 2. The van der Waals surface area contributed by atoms with Crippen molar-refractivity contribution in [2.24, 2.45) is 5.92 Å². The molecule has 0 heterocycles. The van der Waals surface area contributed by atoms with Gasteiger partial charge in [-0.05, 0) is 49.3 Å². The maximum absolute atomic E-state index is 11.9. The summed E-state index contributed by atoms with van der Waals surface area (Å²) in [5.74, 6) is 0.632. The van der Waals surface area contributed by atoms with Gasteiger partial charge in [0.2, 0.25) is 5.91 Å². The van der Waals surface area contributed by atoms with E-state index in [1.807, 2.05) is 24.3 Å². The molecule has 1 aromatic carbocycles. The molecule has 1 aromatic rings. The van der Waals surface area contributed by atoms with E-state index in [0.717, 1.165) is 5.56 Å². The molecule has 1 saturated carbocycles. The molecule has 0 bridgehead atoms. The SMILES string of the molecule is O=C(CCc1cccc(Cl)c1)NC(CCO)C1CC1. The highest BCUT2D eigenvalue weighted by Gasteiger charge is 2.31. The van der Waals surface area contributed by atoms with Gasteiger partial charge in [0, 0.05) is 24.1 Å². The number of carbonyl (C=O) groups is 1. The van der Waals surface area contributed by atoms with E-state index >= 15 is 0 Å². The maximum atomic E-state index is 11.9. The molecule has 2 rings (SSSR count). The number of halogens is 1. The summed E-state index contributed by atoms with van der Waals surface area (Å²) in [6.07, 6.45) is 4.16. The summed E-state index contributed by atoms with van der Waals surface area (Å²) in [6.45, 7) is 0.135. The second-order valence-corrected chi connectivity index (χ2v) is 5.59. The predicted molar refractivity (Wildman–Crippen MR) is 76.1 cm³/mol. The molecule has 1 unspecified atom stereocenters. The molecular formula is C15H20ClNO2. The molecule has 0 radical (unpaired) electrons. The summed E-state index contributed by atoms with van der Waals surface area (Å²) in [6, 6.07) is 7.74. The van der Waals surface area contributed by atoms with Crippen LogP contribution in [0.1, 0.15) is 31.2 Å². The molecular weight excluding hydrogens is 262 g/mol. The molecule has 1 atom stereocenters. The molecule has 0 aromatic heterocycles. The number of aliphatic hydroxyl groups is 1. The van der Waals surface area contributed by atoms with Crippen LogP contribution in [0.5, 0.6) is 0 Å². The standard InChI is InChI=1S/C15H20ClNO2/c16-13-3-1-2-11(10-13)4-7-15(19)17-14(8-9-18)12-5-6-12/h1-3,10,12,14,18H,4-9H2,(H,17,19). The first-order chi connectivity index (χ1) is 9.19. The molecule has 3 nitrogen and oxygen atoms in total. The Kier molecular flexibility index (Phi) is 5.23. The summed E-state index contributed by atoms with van der Waals surface area (Å²) in [4.78, 5) is 11.9. The van der Waals surface area contributed by atoms with Crippen LogP contribution in [0.4, 0.5) is 0 Å². The first-order valence-corrected chi connectivity index (χ1v) is 7.21. The number of carbonyl (C=O) groups excluding carboxylic acids is 1. The molecule has 0 aliphatic heterocycles. The van der Waals surface area contributed by atoms with Crippen LogP contribution in [-0.4, -0.2) is 23.7 Å². The first kappa shape index (κ1) is 14.4. The third-order valence-corrected chi connectivity index (χ3v) is 3.74. The number of nitrogens with one attached hydrogen (secondary N) is 1. The second kappa shape index (κ2) is 6.92. The smallest absolute Gasteiger partial charge is 0.220 e. The van der Waals surface area contributed by atoms with E-state index in [1.54, 1.807) is 0 Å². The van der Waals surface area contributed by atoms with Gasteiger partial charge in [0.25, 0.3) is 0 Å². The van der Waals surface area contributed by atoms with Gasteiger partial charge in [-0.3, -0.25) is 4.79 Å². The largest absolute Gasteiger partial charge is 0.396 e. The molecule has 0 spiro atoms. The fourth-order valence-electron chi connectivity index (χ4n) is 2.29. The van der Waals surface area contributed by atoms with Crippen molar-refractivity contribution in [1.82, 2.24) is 5.32 Å². The highest BCUT2D eigenvalue weighted by atomic mass is 35.5. The van der Waals surface area contributed by atoms with Gasteiger partial charge in [0.15, 0.2) is 0 Å². The highest BCUT2D eigenvalue weighted by molar-refractivity contribution is 6.30. The van der Waals surface area contributed by atoms with Crippen molar-refractivity contribution >= 4 is 17.5 Å². The highest BCUT2D eigenvalue weighted by Crippen LogP contribution is 2.33. The Morgan fingerprint density at radius 2 is 2.26 bits per heavy atom. The van der Waals surface area contributed by atoms with Crippen LogP contribution in [0, 0.1) is 5.92 Å². The number of hydrogen-bond acceptors (Lipinski definition) is 2. The van der Waals surface area contributed by atoms with Crippen molar-refractivity contribution in [1.29, 1.82) is 0 Å². The van der Waals surface area contributed by atoms with E-state index in [-0.39, 0.29) is 18.6 Å². The monoisotopic (exact) mass is 281 g/mol. The average Bonchev–Trinajstić information content (AvgIpc) is 3.20. The van der Waals surface area contributed by atoms with E-state index in [0.29, 0.717) is 30.2 Å². The van der Waals surface area contributed by atoms with E-state index in [1.165, 1.54) is 12.8 Å². The van der Waals surface area contributed by atoms with Crippen LogP contribution < -0.4 is 5.32 Å². The molecule has 19 heavy (non-hydrogen) atoms. The lowest BCUT2D eigenvalue weighted by atomic mass is 10.1. The first-order valence-electron chi connectivity index (χ1n) is 6.83. The molecule has 104 valence electrons. The normalized spacial score (nSPS) is 16.1. The molecule has 1 aliphatic carbocycles. The Morgan fingerprint density at radius 1 is 1.47 bits per heavy atom. The van der Waals surface area contributed by atoms with Crippen LogP contribution in [0.3, 0.4) is 0 Å². The second-order valence-electron chi connectivity index (χ2n) is 5.15. The minimum absolute atomic E-state index is 0.0605. The average molecular weight is 282 g/mol. The molecule has 1 fully saturated rings. The molecule has 1 amide bonds. The lowest BCUT2D eigenvalue weighted by molar-refractivity contribution is -0.122. The van der Waals surface area contributed by atoms with Gasteiger partial charge >= 0.3 is 0 Å². The third-order valence-electron chi connectivity index (χ3n) is 3.51. The van der Waals surface area contributed by atoms with Crippen LogP contribution in [0.2, 0.25) is 5.02 Å². The van der Waals surface area contributed by atoms with Gasteiger partial charge in [-0.25, -0.2) is 0 Å². The Hall–Kier alpha value is -1.06. The number of aryl methyl sites for hydroxylation is 1. The minimum Gasteiger partial charge on any atom is -0.396 e. The number of amides is 1. The van der Waals surface area contributed by atoms with Crippen LogP contribution in [-0.2, 0) is 11.2 Å². The van der Waals surface area contributed by atoms with E-state index in [4.69, 9.17) is 16.7 Å². The zero-order valence-electron chi connectivity index (χ0n) is 10.9. The number of aliphatic hydroxyl groups excluding tert-OH is 1. The lowest BCUT2D eigenvalue weighted by Crippen LogP contribution is -2.37. The predicted octanol–water partition coefficient (Wildman–Crippen LogP) is 2.55. The van der Waals surface area contributed by atoms with Gasteiger partial charge < -0.3 is 10.4 Å². The van der Waals surface area contributed by atoms with Gasteiger partial charge in [0.05, 0.1) is 0 Å². The van der Waals surface area contributed by atoms with E-state index in [2.05, 4.69) is 5.32 Å². The Bertz CT molecular complexity index is 432. The number of benzene rings is 1. The summed E-state index contributed by atoms with van der Waals surface area (Å²) < 4.78 is 0. The quantitative estimate of drug-likeness (QED) is 0.807. The molecule has 0 saturated heterocycles. The zero-order chi connectivity index (χ0) is 13.7. The molecule has 2 N–H and O–H groups in total. The lowest BCUT2D eigenvalue weighted by Gasteiger charge is -2.17. The van der Waals surface area contributed by atoms with Gasteiger partial charge in [-0.2, -0.15) is 0 Å². The van der Waals surface area contributed by atoms with Gasteiger partial charge in [0.1, 0.15) is 0 Å². The van der Waals surface area contributed by atoms with Gasteiger partial charge in [-0.1, -0.05) is 23.7 Å². The minimum atomic E-state index is 0.0605.